The molecule has 2 amide bonds. The second kappa shape index (κ2) is 9.10. The number of nitrogens with one attached hydrogen (secondary N) is 2. The molecule has 27 heavy (non-hydrogen) atoms. The second-order valence-corrected chi connectivity index (χ2v) is 5.73. The fourth-order valence-electron chi connectivity index (χ4n) is 2.18. The van der Waals surface area contributed by atoms with Crippen molar-refractivity contribution in [2.75, 3.05) is 6.54 Å². The lowest BCUT2D eigenvalue weighted by Crippen LogP contribution is -2.34. The minimum Gasteiger partial charge on any atom is -0.347 e. The summed E-state index contributed by atoms with van der Waals surface area (Å²) in [5.41, 5.74) is 1.92. The molecule has 0 radical (unpaired) electrons. The Balaban J connectivity index is 2.28. The normalized spacial score (nSPS) is 10.8. The fraction of sp³-hybridized carbons (Fsp3) is 0.100. The first-order chi connectivity index (χ1) is 12.9. The zero-order chi connectivity index (χ0) is 19.8. The van der Waals surface area contributed by atoms with Gasteiger partial charge in [0.15, 0.2) is 0 Å². The van der Waals surface area contributed by atoms with Crippen LogP contribution in [0.5, 0.6) is 0 Å². The van der Waals surface area contributed by atoms with Crippen LogP contribution in [0.3, 0.4) is 0 Å². The third kappa shape index (κ3) is 5.64. The SMILES string of the molecule is C=CCNC(=O)/C(=C/c1ccc([N+](=O)[O-])cc1)NC(=O)c1ccc(C)cc1. The predicted molar refractivity (Wildman–Crippen MR) is 103 cm³/mol. The van der Waals surface area contributed by atoms with Gasteiger partial charge < -0.3 is 10.6 Å². The van der Waals surface area contributed by atoms with Gasteiger partial charge in [0, 0.05) is 24.2 Å². The van der Waals surface area contributed by atoms with Crippen LogP contribution >= 0.6 is 0 Å². The van der Waals surface area contributed by atoms with E-state index in [4.69, 9.17) is 0 Å². The molecule has 0 aliphatic rings. The van der Waals surface area contributed by atoms with Crippen LogP contribution in [0.4, 0.5) is 5.69 Å². The van der Waals surface area contributed by atoms with Crippen molar-refractivity contribution in [1.82, 2.24) is 10.6 Å². The summed E-state index contributed by atoms with van der Waals surface area (Å²) in [4.78, 5) is 35.0. The average molecular weight is 365 g/mol. The molecule has 0 saturated carbocycles. The van der Waals surface area contributed by atoms with Gasteiger partial charge in [-0.15, -0.1) is 6.58 Å². The lowest BCUT2D eigenvalue weighted by atomic mass is 10.1. The predicted octanol–water partition coefficient (Wildman–Crippen LogP) is 2.98. The van der Waals surface area contributed by atoms with Crippen molar-refractivity contribution in [3.8, 4) is 0 Å². The number of hydrogen-bond acceptors (Lipinski definition) is 4. The molecule has 0 unspecified atom stereocenters. The highest BCUT2D eigenvalue weighted by atomic mass is 16.6. The summed E-state index contributed by atoms with van der Waals surface area (Å²) < 4.78 is 0. The molecular formula is C20H19N3O4. The minimum atomic E-state index is -0.510. The number of hydrogen-bond donors (Lipinski definition) is 2. The molecule has 0 aromatic heterocycles. The van der Waals surface area contributed by atoms with E-state index in [1.54, 1.807) is 24.3 Å². The lowest BCUT2D eigenvalue weighted by Gasteiger charge is -2.10. The molecular weight excluding hydrogens is 346 g/mol. The quantitative estimate of drug-likeness (QED) is 0.341. The summed E-state index contributed by atoms with van der Waals surface area (Å²) in [5, 5.41) is 15.9. The average Bonchev–Trinajstić information content (AvgIpc) is 2.66. The largest absolute Gasteiger partial charge is 0.347 e. The molecule has 0 aliphatic carbocycles. The number of non-ortho nitro benzene ring substituents is 1. The van der Waals surface area contributed by atoms with E-state index in [0.29, 0.717) is 11.1 Å². The van der Waals surface area contributed by atoms with Gasteiger partial charge in [-0.05, 0) is 42.8 Å². The third-order valence-electron chi connectivity index (χ3n) is 3.63. The molecule has 0 heterocycles. The molecule has 7 nitrogen and oxygen atoms in total. The van der Waals surface area contributed by atoms with Gasteiger partial charge in [-0.25, -0.2) is 0 Å². The smallest absolute Gasteiger partial charge is 0.269 e. The number of nitro benzene ring substituents is 1. The van der Waals surface area contributed by atoms with E-state index in [-0.39, 0.29) is 17.9 Å². The Morgan fingerprint density at radius 1 is 1.11 bits per heavy atom. The summed E-state index contributed by atoms with van der Waals surface area (Å²) in [7, 11) is 0. The molecule has 0 saturated heterocycles. The van der Waals surface area contributed by atoms with Crippen molar-refractivity contribution < 1.29 is 14.5 Å². The molecule has 7 heteroatoms. The Labute approximate surface area is 156 Å². The minimum absolute atomic E-state index is 0.0243. The number of amides is 2. The van der Waals surface area contributed by atoms with Gasteiger partial charge in [-0.3, -0.25) is 19.7 Å². The summed E-state index contributed by atoms with van der Waals surface area (Å²) in [6.45, 7) is 5.67. The first kappa shape index (κ1) is 19.6. The van der Waals surface area contributed by atoms with Crippen LogP contribution in [-0.4, -0.2) is 23.3 Å². The molecule has 2 aromatic rings. The number of aryl methyl sites for hydroxylation is 1. The summed E-state index contributed by atoms with van der Waals surface area (Å²) in [5.74, 6) is -0.925. The van der Waals surface area contributed by atoms with Gasteiger partial charge in [0.05, 0.1) is 4.92 Å². The molecule has 0 spiro atoms. The van der Waals surface area contributed by atoms with Crippen LogP contribution in [-0.2, 0) is 4.79 Å². The summed E-state index contributed by atoms with van der Waals surface area (Å²) in [6, 6.07) is 12.6. The van der Waals surface area contributed by atoms with E-state index in [1.807, 2.05) is 6.92 Å². The van der Waals surface area contributed by atoms with E-state index in [0.717, 1.165) is 5.56 Å². The zero-order valence-electron chi connectivity index (χ0n) is 14.8. The first-order valence-electron chi connectivity index (χ1n) is 8.14. The number of benzene rings is 2. The standard InChI is InChI=1S/C20H19N3O4/c1-3-12-21-20(25)18(13-15-6-10-17(11-7-15)23(26)27)22-19(24)16-8-4-14(2)5-9-16/h3-11,13H,1,12H2,2H3,(H,21,25)(H,22,24)/b18-13-. The van der Waals surface area contributed by atoms with Crippen molar-refractivity contribution in [2.45, 2.75) is 6.92 Å². The molecule has 138 valence electrons. The maximum atomic E-state index is 12.4. The van der Waals surface area contributed by atoms with Crippen LogP contribution in [0.1, 0.15) is 21.5 Å². The van der Waals surface area contributed by atoms with Gasteiger partial charge in [0.25, 0.3) is 17.5 Å². The van der Waals surface area contributed by atoms with Gasteiger partial charge in [0.2, 0.25) is 0 Å². The number of rotatable bonds is 7. The van der Waals surface area contributed by atoms with Crippen molar-refractivity contribution in [3.63, 3.8) is 0 Å². The van der Waals surface area contributed by atoms with Gasteiger partial charge in [-0.2, -0.15) is 0 Å². The van der Waals surface area contributed by atoms with E-state index in [2.05, 4.69) is 17.2 Å². The van der Waals surface area contributed by atoms with Crippen molar-refractivity contribution in [1.29, 1.82) is 0 Å². The Morgan fingerprint density at radius 3 is 2.30 bits per heavy atom. The highest BCUT2D eigenvalue weighted by molar-refractivity contribution is 6.05. The maximum absolute atomic E-state index is 12.4. The van der Waals surface area contributed by atoms with E-state index < -0.39 is 16.7 Å². The Hall–Kier alpha value is -3.74. The Morgan fingerprint density at radius 2 is 1.74 bits per heavy atom. The van der Waals surface area contributed by atoms with Crippen molar-refractivity contribution in [2.24, 2.45) is 0 Å². The van der Waals surface area contributed by atoms with Crippen LogP contribution in [0.25, 0.3) is 6.08 Å². The number of carbonyl (C=O) groups excluding carboxylic acids is 2. The fourth-order valence-corrected chi connectivity index (χ4v) is 2.18. The first-order valence-corrected chi connectivity index (χ1v) is 8.14. The van der Waals surface area contributed by atoms with Gasteiger partial charge >= 0.3 is 0 Å². The van der Waals surface area contributed by atoms with Crippen LogP contribution < -0.4 is 10.6 Å². The van der Waals surface area contributed by atoms with Crippen LogP contribution in [0.15, 0.2) is 66.9 Å². The molecule has 2 N–H and O–H groups in total. The monoisotopic (exact) mass is 365 g/mol. The topological polar surface area (TPSA) is 101 Å². The van der Waals surface area contributed by atoms with Crippen LogP contribution in [0.2, 0.25) is 0 Å². The Kier molecular flexibility index (Phi) is 6.60. The number of nitro groups is 1. The molecule has 0 bridgehead atoms. The van der Waals surface area contributed by atoms with Gasteiger partial charge in [0.1, 0.15) is 5.70 Å². The summed E-state index contributed by atoms with van der Waals surface area (Å²) in [6.07, 6.45) is 2.97. The van der Waals surface area contributed by atoms with E-state index in [1.165, 1.54) is 36.4 Å². The van der Waals surface area contributed by atoms with Crippen molar-refractivity contribution >= 4 is 23.6 Å². The lowest BCUT2D eigenvalue weighted by molar-refractivity contribution is -0.384. The zero-order valence-corrected chi connectivity index (χ0v) is 14.8. The highest BCUT2D eigenvalue weighted by Gasteiger charge is 2.14. The summed E-state index contributed by atoms with van der Waals surface area (Å²) >= 11 is 0. The second-order valence-electron chi connectivity index (χ2n) is 5.73. The molecule has 2 rings (SSSR count). The van der Waals surface area contributed by atoms with Crippen molar-refractivity contribution in [3.05, 3.63) is 93.7 Å². The highest BCUT2D eigenvalue weighted by Crippen LogP contribution is 2.14. The molecule has 0 atom stereocenters. The number of nitrogens with zero attached hydrogens (tertiary/aromatic N) is 1. The van der Waals surface area contributed by atoms with E-state index >= 15 is 0 Å². The molecule has 0 aliphatic heterocycles. The number of carbonyl (C=O) groups is 2. The third-order valence-corrected chi connectivity index (χ3v) is 3.63. The van der Waals surface area contributed by atoms with E-state index in [9.17, 15) is 19.7 Å². The van der Waals surface area contributed by atoms with Crippen LogP contribution in [0, 0.1) is 17.0 Å². The Bertz CT molecular complexity index is 884. The molecule has 0 fully saturated rings. The molecule has 2 aromatic carbocycles. The van der Waals surface area contributed by atoms with Gasteiger partial charge in [-0.1, -0.05) is 23.8 Å². The maximum Gasteiger partial charge on any atom is 0.269 e.